The number of nitrogens with one attached hydrogen (secondary N) is 1. The zero-order chi connectivity index (χ0) is 11.6. The Morgan fingerprint density at radius 1 is 1.62 bits per heavy atom. The molecular formula is C12H14INO2. The number of aldehydes is 1. The number of ether oxygens (including phenoxy) is 1. The molecule has 0 aliphatic carbocycles. The van der Waals surface area contributed by atoms with Crippen LogP contribution in [0.15, 0.2) is 24.3 Å². The van der Waals surface area contributed by atoms with Gasteiger partial charge in [0, 0.05) is 3.57 Å². The first-order valence-electron chi connectivity index (χ1n) is 5.21. The van der Waals surface area contributed by atoms with E-state index in [1.54, 1.807) is 0 Å². The maximum Gasteiger partial charge on any atom is 0.139 e. The predicted octanol–water partition coefficient (Wildman–Crippen LogP) is 1.69. The molecule has 0 spiro atoms. The minimum atomic E-state index is -0.273. The molecule has 1 aromatic rings. The standard InChI is InChI=1S/C12H14INO2/c1-12(8-16-7-11(6-15)14-12)9-3-2-4-10(13)5-9/h2-6,11,14H,7-8H2,1H3. The normalized spacial score (nSPS) is 30.0. The van der Waals surface area contributed by atoms with Crippen molar-refractivity contribution < 1.29 is 9.53 Å². The van der Waals surface area contributed by atoms with Crippen LogP contribution >= 0.6 is 22.6 Å². The lowest BCUT2D eigenvalue weighted by Gasteiger charge is -2.38. The Bertz CT molecular complexity index is 396. The highest BCUT2D eigenvalue weighted by atomic mass is 127. The first kappa shape index (κ1) is 12.0. The molecule has 1 fully saturated rings. The highest BCUT2D eigenvalue weighted by molar-refractivity contribution is 14.1. The predicted molar refractivity (Wildman–Crippen MR) is 70.3 cm³/mol. The van der Waals surface area contributed by atoms with Crippen molar-refractivity contribution in [1.29, 1.82) is 0 Å². The number of hydrogen-bond acceptors (Lipinski definition) is 3. The van der Waals surface area contributed by atoms with E-state index < -0.39 is 0 Å². The number of halogens is 1. The molecule has 0 radical (unpaired) electrons. The number of morpholine rings is 1. The molecule has 0 bridgehead atoms. The number of benzene rings is 1. The van der Waals surface area contributed by atoms with Crippen molar-refractivity contribution in [2.45, 2.75) is 18.5 Å². The summed E-state index contributed by atoms with van der Waals surface area (Å²) in [4.78, 5) is 10.8. The number of hydrogen-bond donors (Lipinski definition) is 1. The lowest BCUT2D eigenvalue weighted by atomic mass is 9.91. The molecule has 0 aromatic heterocycles. The van der Waals surface area contributed by atoms with Crippen LogP contribution in [0.3, 0.4) is 0 Å². The smallest absolute Gasteiger partial charge is 0.139 e. The van der Waals surface area contributed by atoms with Gasteiger partial charge in [0.25, 0.3) is 0 Å². The summed E-state index contributed by atoms with van der Waals surface area (Å²) in [6.45, 7) is 3.12. The van der Waals surface area contributed by atoms with Gasteiger partial charge in [0.15, 0.2) is 0 Å². The maximum atomic E-state index is 10.8. The van der Waals surface area contributed by atoms with Gasteiger partial charge in [0.2, 0.25) is 0 Å². The second-order valence-corrected chi connectivity index (χ2v) is 5.49. The Balaban J connectivity index is 2.27. The van der Waals surface area contributed by atoms with Crippen LogP contribution in [-0.2, 0) is 15.1 Å². The first-order valence-corrected chi connectivity index (χ1v) is 6.29. The molecule has 0 saturated carbocycles. The molecular weight excluding hydrogens is 317 g/mol. The summed E-state index contributed by atoms with van der Waals surface area (Å²) in [7, 11) is 0. The Morgan fingerprint density at radius 2 is 2.44 bits per heavy atom. The second kappa shape index (κ2) is 4.81. The van der Waals surface area contributed by atoms with Gasteiger partial charge in [-0.1, -0.05) is 12.1 Å². The van der Waals surface area contributed by atoms with Crippen LogP contribution in [0.2, 0.25) is 0 Å². The van der Waals surface area contributed by atoms with Crippen LogP contribution in [0.4, 0.5) is 0 Å². The van der Waals surface area contributed by atoms with Crippen LogP contribution < -0.4 is 5.32 Å². The lowest BCUT2D eigenvalue weighted by Crippen LogP contribution is -2.55. The highest BCUT2D eigenvalue weighted by Crippen LogP contribution is 2.25. The van der Waals surface area contributed by atoms with Crippen molar-refractivity contribution >= 4 is 28.9 Å². The van der Waals surface area contributed by atoms with E-state index >= 15 is 0 Å². The average Bonchev–Trinajstić information content (AvgIpc) is 2.29. The molecule has 2 unspecified atom stereocenters. The SMILES string of the molecule is CC1(c2cccc(I)c2)COCC(C=O)N1. The van der Waals surface area contributed by atoms with Crippen LogP contribution in [0.25, 0.3) is 0 Å². The zero-order valence-electron chi connectivity index (χ0n) is 9.07. The van der Waals surface area contributed by atoms with Gasteiger partial charge < -0.3 is 9.53 Å². The highest BCUT2D eigenvalue weighted by Gasteiger charge is 2.33. The summed E-state index contributed by atoms with van der Waals surface area (Å²) < 4.78 is 6.67. The number of rotatable bonds is 2. The van der Waals surface area contributed by atoms with E-state index in [9.17, 15) is 4.79 Å². The van der Waals surface area contributed by atoms with Crippen molar-refractivity contribution in [1.82, 2.24) is 5.32 Å². The van der Waals surface area contributed by atoms with Crippen LogP contribution in [0.5, 0.6) is 0 Å². The summed E-state index contributed by atoms with van der Waals surface area (Å²) >= 11 is 2.28. The van der Waals surface area contributed by atoms with E-state index in [1.165, 1.54) is 3.57 Å². The van der Waals surface area contributed by atoms with Crippen molar-refractivity contribution in [3.63, 3.8) is 0 Å². The monoisotopic (exact) mass is 331 g/mol. The van der Waals surface area contributed by atoms with Gasteiger partial charge in [0.1, 0.15) is 6.29 Å². The van der Waals surface area contributed by atoms with Gasteiger partial charge in [-0.15, -0.1) is 0 Å². The van der Waals surface area contributed by atoms with Gasteiger partial charge >= 0.3 is 0 Å². The van der Waals surface area contributed by atoms with E-state index in [0.717, 1.165) is 11.8 Å². The van der Waals surface area contributed by atoms with Gasteiger partial charge in [-0.3, -0.25) is 5.32 Å². The van der Waals surface area contributed by atoms with Gasteiger partial charge in [-0.05, 0) is 47.2 Å². The summed E-state index contributed by atoms with van der Waals surface area (Å²) in [5.41, 5.74) is 0.885. The lowest BCUT2D eigenvalue weighted by molar-refractivity contribution is -0.114. The molecule has 86 valence electrons. The van der Waals surface area contributed by atoms with E-state index in [2.05, 4.69) is 47.0 Å². The summed E-state index contributed by atoms with van der Waals surface area (Å²) in [6.07, 6.45) is 0.908. The molecule has 3 nitrogen and oxygen atoms in total. The first-order chi connectivity index (χ1) is 7.64. The largest absolute Gasteiger partial charge is 0.377 e. The summed E-state index contributed by atoms with van der Waals surface area (Å²) in [5.74, 6) is 0. The van der Waals surface area contributed by atoms with Crippen LogP contribution in [0, 0.1) is 3.57 Å². The molecule has 1 aromatic carbocycles. The summed E-state index contributed by atoms with van der Waals surface area (Å²) in [6, 6.07) is 8.04. The third kappa shape index (κ3) is 2.44. The third-order valence-electron chi connectivity index (χ3n) is 2.82. The van der Waals surface area contributed by atoms with Crippen LogP contribution in [-0.4, -0.2) is 25.5 Å². The molecule has 2 atom stereocenters. The molecule has 1 saturated heterocycles. The van der Waals surface area contributed by atoms with Crippen molar-refractivity contribution in [3.8, 4) is 0 Å². The fourth-order valence-electron chi connectivity index (χ4n) is 1.95. The minimum absolute atomic E-state index is 0.211. The molecule has 0 amide bonds. The van der Waals surface area contributed by atoms with Crippen molar-refractivity contribution in [3.05, 3.63) is 33.4 Å². The Labute approximate surface area is 109 Å². The fourth-order valence-corrected chi connectivity index (χ4v) is 2.50. The number of carbonyl (C=O) groups excluding carboxylic acids is 1. The van der Waals surface area contributed by atoms with E-state index in [1.807, 2.05) is 12.1 Å². The topological polar surface area (TPSA) is 38.3 Å². The zero-order valence-corrected chi connectivity index (χ0v) is 11.2. The average molecular weight is 331 g/mol. The van der Waals surface area contributed by atoms with E-state index in [-0.39, 0.29) is 11.6 Å². The molecule has 1 N–H and O–H groups in total. The van der Waals surface area contributed by atoms with Gasteiger partial charge in [0.05, 0.1) is 24.8 Å². The molecule has 1 heterocycles. The minimum Gasteiger partial charge on any atom is -0.377 e. The van der Waals surface area contributed by atoms with Gasteiger partial charge in [-0.2, -0.15) is 0 Å². The van der Waals surface area contributed by atoms with Crippen molar-refractivity contribution in [2.24, 2.45) is 0 Å². The number of carbonyl (C=O) groups is 1. The van der Waals surface area contributed by atoms with Crippen molar-refractivity contribution in [2.75, 3.05) is 13.2 Å². The Morgan fingerprint density at radius 3 is 3.12 bits per heavy atom. The Hall–Kier alpha value is -0.460. The molecule has 4 heteroatoms. The van der Waals surface area contributed by atoms with Gasteiger partial charge in [-0.25, -0.2) is 0 Å². The van der Waals surface area contributed by atoms with Crippen LogP contribution in [0.1, 0.15) is 12.5 Å². The molecule has 1 aliphatic rings. The van der Waals surface area contributed by atoms with E-state index in [4.69, 9.17) is 4.74 Å². The molecule has 1 aliphatic heterocycles. The molecule has 2 rings (SSSR count). The van der Waals surface area contributed by atoms with E-state index in [0.29, 0.717) is 13.2 Å². The second-order valence-electron chi connectivity index (χ2n) is 4.24. The molecule has 16 heavy (non-hydrogen) atoms. The quantitative estimate of drug-likeness (QED) is 0.662. The summed E-state index contributed by atoms with van der Waals surface area (Å²) in [5, 5.41) is 3.33. The maximum absolute atomic E-state index is 10.8. The third-order valence-corrected chi connectivity index (χ3v) is 3.49. The Kier molecular flexibility index (Phi) is 3.61. The fraction of sp³-hybridized carbons (Fsp3) is 0.417.